The Balaban J connectivity index is -0.0000000903. The molecule has 122 valence electrons. The van der Waals surface area contributed by atoms with E-state index in [9.17, 15) is 0 Å². The van der Waals surface area contributed by atoms with Gasteiger partial charge in [-0.15, -0.1) is 0 Å². The zero-order valence-electron chi connectivity index (χ0n) is 14.7. The van der Waals surface area contributed by atoms with Gasteiger partial charge in [0.05, 0.1) is 0 Å². The van der Waals surface area contributed by atoms with Crippen LogP contribution in [0.15, 0.2) is 18.5 Å². The Bertz CT molecular complexity index is 158. The van der Waals surface area contributed by atoms with Gasteiger partial charge < -0.3 is 26.1 Å². The van der Waals surface area contributed by atoms with Gasteiger partial charge in [-0.1, -0.05) is 47.6 Å². The van der Waals surface area contributed by atoms with Crippen LogP contribution in [0.4, 0.5) is 0 Å². The zero-order valence-corrected chi connectivity index (χ0v) is 16.3. The molecule has 0 aliphatic rings. The third-order valence-electron chi connectivity index (χ3n) is 1.71. The van der Waals surface area contributed by atoms with Gasteiger partial charge in [-0.25, -0.2) is 0 Å². The van der Waals surface area contributed by atoms with E-state index in [0.717, 1.165) is 39.3 Å². The summed E-state index contributed by atoms with van der Waals surface area (Å²) in [4.78, 5) is 0. The van der Waals surface area contributed by atoms with Crippen molar-refractivity contribution >= 4 is 0 Å². The summed E-state index contributed by atoms with van der Waals surface area (Å²) in [6.45, 7) is 18.1. The molecule has 0 atom stereocenters. The van der Waals surface area contributed by atoms with Crippen LogP contribution in [0.25, 0.3) is 16.0 Å². The first-order valence-corrected chi connectivity index (χ1v) is 7.52. The maximum absolute atomic E-state index is 3.97. The Hall–Kier alpha value is -0.196. The molecule has 0 saturated carbocycles. The second kappa shape index (κ2) is 36.7. The van der Waals surface area contributed by atoms with Crippen LogP contribution in [0.3, 0.4) is 0 Å². The first-order valence-electron chi connectivity index (χ1n) is 7.52. The van der Waals surface area contributed by atoms with E-state index in [1.54, 1.807) is 18.5 Å². The van der Waals surface area contributed by atoms with Gasteiger partial charge in [0.25, 0.3) is 0 Å². The monoisotopic (exact) mass is 331 g/mol. The summed E-state index contributed by atoms with van der Waals surface area (Å²) in [6, 6.07) is 1.78. The number of hydrogen-bond acceptors (Lipinski definition) is 1. The first kappa shape index (κ1) is 28.9. The van der Waals surface area contributed by atoms with Crippen LogP contribution in [-0.4, -0.2) is 44.4 Å². The van der Waals surface area contributed by atoms with E-state index in [4.69, 9.17) is 0 Å². The fourth-order valence-corrected chi connectivity index (χ4v) is 0.863. The molecule has 0 spiro atoms. The average Bonchev–Trinajstić information content (AvgIpc) is 3.02. The first-order chi connectivity index (χ1) is 9.74. The van der Waals surface area contributed by atoms with E-state index in [1.807, 2.05) is 41.5 Å². The van der Waals surface area contributed by atoms with Gasteiger partial charge in [0, 0.05) is 6.20 Å². The summed E-state index contributed by atoms with van der Waals surface area (Å²) < 4.78 is 0. The Morgan fingerprint density at radius 2 is 1.05 bits per heavy atom. The smallest absolute Gasteiger partial charge is 0.663 e. The van der Waals surface area contributed by atoms with E-state index in [1.165, 1.54) is 0 Å². The number of rotatable bonds is 6. The molecule has 1 rings (SSSR count). The summed E-state index contributed by atoms with van der Waals surface area (Å²) in [5, 5.41) is 18.9. The summed E-state index contributed by atoms with van der Waals surface area (Å²) in [5.41, 5.74) is 0. The van der Waals surface area contributed by atoms with Crippen LogP contribution in [0.5, 0.6) is 0 Å². The van der Waals surface area contributed by atoms with Gasteiger partial charge in [0.2, 0.25) is 0 Å². The molecule has 5 nitrogen and oxygen atoms in total. The van der Waals surface area contributed by atoms with Crippen molar-refractivity contribution < 1.29 is 21.7 Å². The van der Waals surface area contributed by atoms with Crippen LogP contribution in [0, 0.1) is 0 Å². The van der Waals surface area contributed by atoms with E-state index in [2.05, 4.69) is 26.1 Å². The Morgan fingerprint density at radius 3 is 1.10 bits per heavy atom. The minimum absolute atomic E-state index is 0. The predicted molar refractivity (Wildman–Crippen MR) is 90.9 cm³/mol. The molecule has 0 N–H and O–H groups in total. The van der Waals surface area contributed by atoms with Crippen molar-refractivity contribution in [2.75, 3.05) is 39.3 Å². The topological polar surface area (TPSA) is 69.3 Å². The van der Waals surface area contributed by atoms with Crippen molar-refractivity contribution in [1.82, 2.24) is 10.2 Å². The summed E-state index contributed by atoms with van der Waals surface area (Å²) in [7, 11) is 0. The predicted octanol–water partition coefficient (Wildman–Crippen LogP) is 4.24. The number of aromatic nitrogens is 2. The van der Waals surface area contributed by atoms with Gasteiger partial charge in [-0.2, -0.15) is 45.5 Å². The minimum atomic E-state index is 0. The van der Waals surface area contributed by atoms with Crippen molar-refractivity contribution in [3.05, 3.63) is 34.4 Å². The molecule has 0 aliphatic heterocycles. The second-order valence-corrected chi connectivity index (χ2v) is 3.29. The van der Waals surface area contributed by atoms with Crippen LogP contribution < -0.4 is 5.10 Å². The van der Waals surface area contributed by atoms with Crippen molar-refractivity contribution in [3.63, 3.8) is 0 Å². The van der Waals surface area contributed by atoms with Crippen LogP contribution >= 0.6 is 0 Å². The largest absolute Gasteiger partial charge is 4.00 e. The molecule has 1 heterocycles. The average molecular weight is 331 g/mol. The molecule has 0 saturated heterocycles. The Morgan fingerprint density at radius 1 is 0.714 bits per heavy atom. The normalized spacial score (nSPS) is 7.90. The molecule has 1 aromatic rings. The van der Waals surface area contributed by atoms with Gasteiger partial charge in [-0.3, -0.25) is 0 Å². The number of nitrogens with zero attached hydrogens (tertiary/aromatic N) is 5. The Labute approximate surface area is 147 Å². The minimum Gasteiger partial charge on any atom is -0.663 e. The fraction of sp³-hybridized carbons (Fsp3) is 0.800. The molecule has 1 aromatic heterocycles. The van der Waals surface area contributed by atoms with Crippen molar-refractivity contribution in [2.24, 2.45) is 0 Å². The zero-order chi connectivity index (χ0) is 15.9. The summed E-state index contributed by atoms with van der Waals surface area (Å²) in [5.74, 6) is 0. The van der Waals surface area contributed by atoms with Crippen molar-refractivity contribution in [3.8, 4) is 0 Å². The maximum Gasteiger partial charge on any atom is 4.00 e. The third-order valence-corrected chi connectivity index (χ3v) is 1.71. The maximum atomic E-state index is 3.97. The van der Waals surface area contributed by atoms with E-state index < -0.39 is 0 Å². The summed E-state index contributed by atoms with van der Waals surface area (Å²) in [6.07, 6.45) is 3.28. The molecular weight excluding hydrogens is 298 g/mol. The number of hydrogen-bond donors (Lipinski definition) is 0. The van der Waals surface area contributed by atoms with Crippen LogP contribution in [-0.2, 0) is 21.7 Å². The van der Waals surface area contributed by atoms with Crippen LogP contribution in [0.1, 0.15) is 41.5 Å². The van der Waals surface area contributed by atoms with Gasteiger partial charge in [-0.05, 0) is 0 Å². The molecule has 6 heteroatoms. The van der Waals surface area contributed by atoms with Crippen molar-refractivity contribution in [2.45, 2.75) is 41.5 Å². The van der Waals surface area contributed by atoms with Gasteiger partial charge in [0.15, 0.2) is 0 Å². The van der Waals surface area contributed by atoms with E-state index in [-0.39, 0.29) is 21.7 Å². The van der Waals surface area contributed by atoms with E-state index >= 15 is 0 Å². The molecule has 0 amide bonds. The molecule has 0 aliphatic carbocycles. The fourth-order valence-electron chi connectivity index (χ4n) is 0.863. The Kier molecular flexibility index (Phi) is 50.6. The van der Waals surface area contributed by atoms with Crippen LogP contribution in [0.2, 0.25) is 0 Å². The SMILES string of the molecule is CC[N-]CC.CC[N-]CC.CC[N-]CC.[Ti+4].c1cn[n-]c1. The van der Waals surface area contributed by atoms with Gasteiger partial charge >= 0.3 is 21.7 Å². The molecule has 0 unspecified atom stereocenters. The molecule has 21 heavy (non-hydrogen) atoms. The quantitative estimate of drug-likeness (QED) is 0.732. The molecule has 0 bridgehead atoms. The van der Waals surface area contributed by atoms with Crippen molar-refractivity contribution in [1.29, 1.82) is 0 Å². The van der Waals surface area contributed by atoms with E-state index in [0.29, 0.717) is 0 Å². The summed E-state index contributed by atoms with van der Waals surface area (Å²) >= 11 is 0. The molecule has 0 aromatic carbocycles. The molecular formula is C15H33N5Ti. The molecule has 0 radical (unpaired) electrons. The molecule has 0 fully saturated rings. The second-order valence-electron chi connectivity index (χ2n) is 3.29. The van der Waals surface area contributed by atoms with Gasteiger partial charge in [0.1, 0.15) is 0 Å². The third kappa shape index (κ3) is 53.8. The standard InChI is InChI=1S/3C4H10N.C3H3N2.Ti/c3*1-3-5-4-2;1-2-4-5-3-1;/h3*3-4H2,1-2H3;1-3H;/q4*-1;+4.